The van der Waals surface area contributed by atoms with Crippen LogP contribution in [0.5, 0.6) is 0 Å². The lowest BCUT2D eigenvalue weighted by Crippen LogP contribution is -2.53. The first kappa shape index (κ1) is 9.88. The Morgan fingerprint density at radius 2 is 1.93 bits per heavy atom. The van der Waals surface area contributed by atoms with Gasteiger partial charge in [-0.05, 0) is 36.9 Å². The van der Waals surface area contributed by atoms with Crippen LogP contribution in [0.3, 0.4) is 0 Å². The molecule has 0 radical (unpaired) electrons. The summed E-state index contributed by atoms with van der Waals surface area (Å²) in [5.74, 6) is 1.88. The topological polar surface area (TPSA) is 12.5 Å². The SMILES string of the molecule is S=C1OCCC2CC3CCCCC3CN12. The van der Waals surface area contributed by atoms with Gasteiger partial charge in [0.15, 0.2) is 0 Å². The molecule has 1 aliphatic carbocycles. The third-order valence-corrected chi connectivity index (χ3v) is 4.78. The van der Waals surface area contributed by atoms with Crippen molar-refractivity contribution in [1.29, 1.82) is 0 Å². The van der Waals surface area contributed by atoms with E-state index in [1.54, 1.807) is 0 Å². The number of fused-ring (bicyclic) bond motifs is 2. The highest BCUT2D eigenvalue weighted by Gasteiger charge is 2.39. The molecule has 3 rings (SSSR count). The average Bonchev–Trinajstić information content (AvgIpc) is 2.27. The van der Waals surface area contributed by atoms with E-state index >= 15 is 0 Å². The van der Waals surface area contributed by atoms with Crippen LogP contribution < -0.4 is 0 Å². The van der Waals surface area contributed by atoms with Crippen molar-refractivity contribution in [1.82, 2.24) is 4.90 Å². The normalized spacial score (nSPS) is 40.4. The second-order valence-electron chi connectivity index (χ2n) is 5.25. The second kappa shape index (κ2) is 3.93. The molecular weight excluding hydrogens is 206 g/mol. The third kappa shape index (κ3) is 1.75. The first-order valence-electron chi connectivity index (χ1n) is 6.28. The largest absolute Gasteiger partial charge is 0.471 e. The lowest BCUT2D eigenvalue weighted by atomic mass is 9.72. The van der Waals surface area contributed by atoms with E-state index in [4.69, 9.17) is 17.0 Å². The number of rotatable bonds is 0. The molecule has 0 aromatic carbocycles. The van der Waals surface area contributed by atoms with Gasteiger partial charge in [-0.2, -0.15) is 0 Å². The number of hydrogen-bond acceptors (Lipinski definition) is 2. The summed E-state index contributed by atoms with van der Waals surface area (Å²) >= 11 is 5.30. The molecule has 0 aromatic rings. The van der Waals surface area contributed by atoms with Crippen LogP contribution in [0, 0.1) is 11.8 Å². The van der Waals surface area contributed by atoms with Gasteiger partial charge in [-0.1, -0.05) is 19.3 Å². The van der Waals surface area contributed by atoms with E-state index in [9.17, 15) is 0 Å². The molecule has 2 saturated heterocycles. The summed E-state index contributed by atoms with van der Waals surface area (Å²) in [5, 5.41) is 0.773. The maximum absolute atomic E-state index is 5.48. The fourth-order valence-corrected chi connectivity index (χ4v) is 3.88. The Kier molecular flexibility index (Phi) is 2.59. The molecule has 3 aliphatic rings. The molecule has 2 nitrogen and oxygen atoms in total. The molecular formula is C12H19NOS. The molecule has 84 valence electrons. The van der Waals surface area contributed by atoms with Gasteiger partial charge in [0.05, 0.1) is 6.61 Å². The monoisotopic (exact) mass is 225 g/mol. The number of thiocarbonyl (C=S) groups is 1. The zero-order valence-electron chi connectivity index (χ0n) is 9.15. The number of nitrogens with zero attached hydrogens (tertiary/aromatic N) is 1. The van der Waals surface area contributed by atoms with Gasteiger partial charge >= 0.3 is 0 Å². The van der Waals surface area contributed by atoms with Crippen LogP contribution >= 0.6 is 12.2 Å². The maximum Gasteiger partial charge on any atom is 0.259 e. The van der Waals surface area contributed by atoms with Gasteiger partial charge in [0, 0.05) is 19.0 Å². The summed E-state index contributed by atoms with van der Waals surface area (Å²) in [5.41, 5.74) is 0. The molecule has 3 heteroatoms. The maximum atomic E-state index is 5.48. The van der Waals surface area contributed by atoms with E-state index in [2.05, 4.69) is 4.90 Å². The van der Waals surface area contributed by atoms with Crippen molar-refractivity contribution in [3.63, 3.8) is 0 Å². The van der Waals surface area contributed by atoms with Crippen molar-refractivity contribution in [2.45, 2.75) is 44.6 Å². The fourth-order valence-electron chi connectivity index (χ4n) is 3.58. The molecule has 0 bridgehead atoms. The molecule has 3 unspecified atom stereocenters. The molecule has 2 aliphatic heterocycles. The predicted octanol–water partition coefficient (Wildman–Crippen LogP) is 2.57. The molecule has 3 fully saturated rings. The van der Waals surface area contributed by atoms with Gasteiger partial charge in [-0.25, -0.2) is 0 Å². The Labute approximate surface area is 97.0 Å². The number of hydrogen-bond donors (Lipinski definition) is 0. The summed E-state index contributed by atoms with van der Waals surface area (Å²) in [6.07, 6.45) is 8.30. The van der Waals surface area contributed by atoms with Gasteiger partial charge in [0.1, 0.15) is 0 Å². The van der Waals surface area contributed by atoms with Crippen molar-refractivity contribution >= 4 is 17.4 Å². The molecule has 1 saturated carbocycles. The molecule has 0 aromatic heterocycles. The van der Waals surface area contributed by atoms with Crippen LogP contribution in [-0.2, 0) is 4.74 Å². The highest BCUT2D eigenvalue weighted by atomic mass is 32.1. The first-order valence-corrected chi connectivity index (χ1v) is 6.69. The summed E-state index contributed by atoms with van der Waals surface area (Å²) < 4.78 is 5.48. The minimum Gasteiger partial charge on any atom is -0.471 e. The van der Waals surface area contributed by atoms with Gasteiger partial charge < -0.3 is 9.64 Å². The minimum atomic E-state index is 0.700. The Morgan fingerprint density at radius 3 is 2.80 bits per heavy atom. The standard InChI is InChI=1S/C12H19NOS/c15-12-13-8-10-4-2-1-3-9(10)7-11(13)5-6-14-12/h9-11H,1-8H2. The van der Waals surface area contributed by atoms with E-state index in [1.807, 2.05) is 0 Å². The van der Waals surface area contributed by atoms with Gasteiger partial charge in [-0.3, -0.25) is 0 Å². The van der Waals surface area contributed by atoms with Crippen LogP contribution in [0.1, 0.15) is 38.5 Å². The zero-order chi connectivity index (χ0) is 10.3. The molecule has 2 heterocycles. The van der Waals surface area contributed by atoms with Crippen LogP contribution in [0.2, 0.25) is 0 Å². The first-order chi connectivity index (χ1) is 7.34. The molecule has 0 spiro atoms. The van der Waals surface area contributed by atoms with Crippen molar-refractivity contribution in [2.24, 2.45) is 11.8 Å². The van der Waals surface area contributed by atoms with E-state index in [-0.39, 0.29) is 0 Å². The molecule has 15 heavy (non-hydrogen) atoms. The zero-order valence-corrected chi connectivity index (χ0v) is 9.97. The molecule has 0 amide bonds. The van der Waals surface area contributed by atoms with Gasteiger partial charge in [0.25, 0.3) is 5.17 Å². The average molecular weight is 225 g/mol. The summed E-state index contributed by atoms with van der Waals surface area (Å²) in [6, 6.07) is 0.700. The Hall–Kier alpha value is -0.310. The highest BCUT2D eigenvalue weighted by Crippen LogP contribution is 2.40. The second-order valence-corrected chi connectivity index (χ2v) is 5.60. The van der Waals surface area contributed by atoms with Crippen LogP contribution in [0.25, 0.3) is 0 Å². The Balaban J connectivity index is 1.74. The van der Waals surface area contributed by atoms with Crippen molar-refractivity contribution < 1.29 is 4.74 Å². The Morgan fingerprint density at radius 1 is 1.13 bits per heavy atom. The quantitative estimate of drug-likeness (QED) is 0.588. The minimum absolute atomic E-state index is 0.700. The van der Waals surface area contributed by atoms with Crippen molar-refractivity contribution in [3.8, 4) is 0 Å². The summed E-state index contributed by atoms with van der Waals surface area (Å²) in [4.78, 5) is 2.37. The smallest absolute Gasteiger partial charge is 0.259 e. The van der Waals surface area contributed by atoms with Gasteiger partial charge in [-0.15, -0.1) is 0 Å². The van der Waals surface area contributed by atoms with Crippen LogP contribution in [0.4, 0.5) is 0 Å². The van der Waals surface area contributed by atoms with Crippen LogP contribution in [-0.4, -0.2) is 29.3 Å². The third-order valence-electron chi connectivity index (χ3n) is 4.42. The van der Waals surface area contributed by atoms with E-state index in [0.29, 0.717) is 6.04 Å². The van der Waals surface area contributed by atoms with E-state index in [0.717, 1.165) is 23.6 Å². The lowest BCUT2D eigenvalue weighted by molar-refractivity contribution is 0.0323. The van der Waals surface area contributed by atoms with Gasteiger partial charge in [0.2, 0.25) is 0 Å². The summed E-state index contributed by atoms with van der Waals surface area (Å²) in [7, 11) is 0. The lowest BCUT2D eigenvalue weighted by Gasteiger charge is -2.48. The Bertz CT molecular complexity index is 268. The number of ether oxygens (including phenoxy) is 1. The van der Waals surface area contributed by atoms with E-state index in [1.165, 1.54) is 45.1 Å². The van der Waals surface area contributed by atoms with E-state index < -0.39 is 0 Å². The molecule has 0 N–H and O–H groups in total. The molecule has 3 atom stereocenters. The van der Waals surface area contributed by atoms with Crippen molar-refractivity contribution in [3.05, 3.63) is 0 Å². The summed E-state index contributed by atoms with van der Waals surface area (Å²) in [6.45, 7) is 2.02. The fraction of sp³-hybridized carbons (Fsp3) is 0.917. The highest BCUT2D eigenvalue weighted by molar-refractivity contribution is 7.80. The van der Waals surface area contributed by atoms with Crippen LogP contribution in [0.15, 0.2) is 0 Å². The predicted molar refractivity (Wildman–Crippen MR) is 63.7 cm³/mol. The van der Waals surface area contributed by atoms with Crippen molar-refractivity contribution in [2.75, 3.05) is 13.2 Å². The number of piperidine rings is 1.